The molecular formula is C15H11ClF2N2OS. The number of hydrogen-bond donors (Lipinski definition) is 1. The van der Waals surface area contributed by atoms with E-state index in [1.807, 2.05) is 0 Å². The molecule has 0 aliphatic rings. The van der Waals surface area contributed by atoms with Crippen molar-refractivity contribution in [3.8, 4) is 0 Å². The third-order valence-electron chi connectivity index (χ3n) is 2.62. The van der Waals surface area contributed by atoms with Crippen LogP contribution in [0.1, 0.15) is 10.4 Å². The summed E-state index contributed by atoms with van der Waals surface area (Å²) in [5.41, 5.74) is 0.595. The topological polar surface area (TPSA) is 42.0 Å². The molecule has 0 amide bonds. The number of allylic oxidation sites excluding steroid dienone is 1. The van der Waals surface area contributed by atoms with E-state index in [1.165, 1.54) is 36.2 Å². The summed E-state index contributed by atoms with van der Waals surface area (Å²) in [6.45, 7) is 0. The van der Waals surface area contributed by atoms with Gasteiger partial charge < -0.3 is 5.32 Å². The summed E-state index contributed by atoms with van der Waals surface area (Å²) in [7, 11) is 0. The molecule has 22 heavy (non-hydrogen) atoms. The van der Waals surface area contributed by atoms with Crippen molar-refractivity contribution in [1.29, 1.82) is 0 Å². The fraction of sp³-hybridized carbons (Fsp3) is 0.0667. The normalized spacial score (nSPS) is 11.4. The third-order valence-corrected chi connectivity index (χ3v) is 3.49. The van der Waals surface area contributed by atoms with Crippen LogP contribution < -0.4 is 5.32 Å². The van der Waals surface area contributed by atoms with Gasteiger partial charge in [-0.25, -0.2) is 13.8 Å². The van der Waals surface area contributed by atoms with Gasteiger partial charge in [0.05, 0.1) is 5.03 Å². The van der Waals surface area contributed by atoms with Gasteiger partial charge in [0.1, 0.15) is 16.8 Å². The van der Waals surface area contributed by atoms with E-state index in [0.717, 1.165) is 18.2 Å². The number of rotatable bonds is 5. The molecule has 1 N–H and O–H groups in total. The molecule has 114 valence electrons. The van der Waals surface area contributed by atoms with Gasteiger partial charge in [0.2, 0.25) is 0 Å². The smallest absolute Gasteiger partial charge is 0.188 e. The molecule has 0 aliphatic carbocycles. The Hall–Kier alpha value is -1.92. The van der Waals surface area contributed by atoms with Crippen molar-refractivity contribution >= 4 is 34.8 Å². The van der Waals surface area contributed by atoms with Gasteiger partial charge in [0.25, 0.3) is 0 Å². The molecule has 0 saturated heterocycles. The molecule has 1 heterocycles. The minimum Gasteiger partial charge on any atom is -0.350 e. The standard InChI is InChI=1S/C15H11ClF2N2OS/c1-22-15(20-12-6-10(17)5-11(18)7-12)8-13(21)9-2-3-19-14(16)4-9/h2-8,20H,1H3/b15-8+. The van der Waals surface area contributed by atoms with Crippen LogP contribution in [0.5, 0.6) is 0 Å². The lowest BCUT2D eigenvalue weighted by atomic mass is 10.2. The highest BCUT2D eigenvalue weighted by Gasteiger charge is 2.07. The molecule has 0 bridgehead atoms. The van der Waals surface area contributed by atoms with Crippen LogP contribution in [0.3, 0.4) is 0 Å². The number of nitrogens with one attached hydrogen (secondary N) is 1. The van der Waals surface area contributed by atoms with Gasteiger partial charge in [-0.15, -0.1) is 11.8 Å². The number of benzene rings is 1. The molecule has 1 aromatic carbocycles. The average Bonchev–Trinajstić information content (AvgIpc) is 2.45. The summed E-state index contributed by atoms with van der Waals surface area (Å²) in [6.07, 6.45) is 4.50. The van der Waals surface area contributed by atoms with E-state index in [9.17, 15) is 13.6 Å². The van der Waals surface area contributed by atoms with Crippen molar-refractivity contribution in [1.82, 2.24) is 4.98 Å². The SMILES string of the molecule is CS/C(=C/C(=O)c1ccnc(Cl)c1)Nc1cc(F)cc(F)c1. The summed E-state index contributed by atoms with van der Waals surface area (Å²) >= 11 is 6.98. The second-order valence-electron chi connectivity index (χ2n) is 4.23. The van der Waals surface area contributed by atoms with E-state index >= 15 is 0 Å². The predicted octanol–water partition coefficient (Wildman–Crippen LogP) is 4.51. The molecule has 1 aromatic heterocycles. The second-order valence-corrected chi connectivity index (χ2v) is 5.46. The number of carbonyl (C=O) groups is 1. The number of aromatic nitrogens is 1. The fourth-order valence-electron chi connectivity index (χ4n) is 1.67. The molecule has 0 fully saturated rings. The molecule has 2 rings (SSSR count). The maximum atomic E-state index is 13.2. The minimum absolute atomic E-state index is 0.213. The summed E-state index contributed by atoms with van der Waals surface area (Å²) in [4.78, 5) is 15.9. The highest BCUT2D eigenvalue weighted by molar-refractivity contribution is 8.02. The number of ketones is 1. The zero-order chi connectivity index (χ0) is 16.1. The highest BCUT2D eigenvalue weighted by atomic mass is 35.5. The van der Waals surface area contributed by atoms with Crippen LogP contribution in [-0.4, -0.2) is 17.0 Å². The largest absolute Gasteiger partial charge is 0.350 e. The van der Waals surface area contributed by atoms with Crippen LogP contribution in [0.4, 0.5) is 14.5 Å². The minimum atomic E-state index is -0.699. The first-order valence-corrected chi connectivity index (χ1v) is 7.73. The fourth-order valence-corrected chi connectivity index (χ4v) is 2.29. The number of carbonyl (C=O) groups excluding carboxylic acids is 1. The van der Waals surface area contributed by atoms with Crippen LogP contribution in [0, 0.1) is 11.6 Å². The van der Waals surface area contributed by atoms with Crippen LogP contribution in [0.2, 0.25) is 5.15 Å². The Kier molecular flexibility index (Phi) is 5.51. The van der Waals surface area contributed by atoms with Gasteiger partial charge in [-0.3, -0.25) is 4.79 Å². The van der Waals surface area contributed by atoms with Gasteiger partial charge >= 0.3 is 0 Å². The van der Waals surface area contributed by atoms with E-state index < -0.39 is 11.6 Å². The summed E-state index contributed by atoms with van der Waals surface area (Å²) in [5.74, 6) is -1.69. The lowest BCUT2D eigenvalue weighted by Gasteiger charge is -2.09. The first-order chi connectivity index (χ1) is 10.5. The van der Waals surface area contributed by atoms with Gasteiger partial charge in [0, 0.05) is 29.6 Å². The maximum Gasteiger partial charge on any atom is 0.188 e. The molecule has 0 radical (unpaired) electrons. The lowest BCUT2D eigenvalue weighted by Crippen LogP contribution is -2.02. The van der Waals surface area contributed by atoms with Crippen LogP contribution in [0.15, 0.2) is 47.6 Å². The van der Waals surface area contributed by atoms with Crippen molar-refractivity contribution < 1.29 is 13.6 Å². The quantitative estimate of drug-likeness (QED) is 0.494. The van der Waals surface area contributed by atoms with E-state index in [0.29, 0.717) is 10.6 Å². The number of pyridine rings is 1. The van der Waals surface area contributed by atoms with Gasteiger partial charge in [0.15, 0.2) is 5.78 Å². The Morgan fingerprint density at radius 2 is 1.95 bits per heavy atom. The van der Waals surface area contributed by atoms with E-state index in [2.05, 4.69) is 10.3 Å². The van der Waals surface area contributed by atoms with Crippen molar-refractivity contribution in [2.45, 2.75) is 0 Å². The van der Waals surface area contributed by atoms with Gasteiger partial charge in [-0.2, -0.15) is 0 Å². The monoisotopic (exact) mass is 340 g/mol. The molecule has 2 aromatic rings. The molecule has 0 atom stereocenters. The number of halogens is 3. The Labute approximate surface area is 135 Å². The number of anilines is 1. The Morgan fingerprint density at radius 1 is 1.27 bits per heavy atom. The molecule has 7 heteroatoms. The lowest BCUT2D eigenvalue weighted by molar-refractivity contribution is 0.104. The second kappa shape index (κ2) is 7.38. The highest BCUT2D eigenvalue weighted by Crippen LogP contribution is 2.20. The van der Waals surface area contributed by atoms with Crippen LogP contribution in [0.25, 0.3) is 0 Å². The van der Waals surface area contributed by atoms with Crippen molar-refractivity contribution in [3.63, 3.8) is 0 Å². The van der Waals surface area contributed by atoms with Crippen molar-refractivity contribution in [2.24, 2.45) is 0 Å². The molecule has 0 aliphatic heterocycles. The van der Waals surface area contributed by atoms with E-state index in [4.69, 9.17) is 11.6 Å². The summed E-state index contributed by atoms with van der Waals surface area (Å²) in [5, 5.41) is 3.46. The number of hydrogen-bond acceptors (Lipinski definition) is 4. The van der Waals surface area contributed by atoms with Gasteiger partial charge in [-0.05, 0) is 30.5 Å². The average molecular weight is 341 g/mol. The van der Waals surface area contributed by atoms with Crippen molar-refractivity contribution in [2.75, 3.05) is 11.6 Å². The zero-order valence-electron chi connectivity index (χ0n) is 11.4. The van der Waals surface area contributed by atoms with Gasteiger partial charge in [-0.1, -0.05) is 11.6 Å². The van der Waals surface area contributed by atoms with Crippen LogP contribution in [-0.2, 0) is 0 Å². The van der Waals surface area contributed by atoms with Crippen LogP contribution >= 0.6 is 23.4 Å². The Morgan fingerprint density at radius 3 is 2.55 bits per heavy atom. The number of thioether (sulfide) groups is 1. The third kappa shape index (κ3) is 4.54. The summed E-state index contributed by atoms with van der Waals surface area (Å²) < 4.78 is 26.3. The zero-order valence-corrected chi connectivity index (χ0v) is 13.0. The predicted molar refractivity (Wildman–Crippen MR) is 85.2 cm³/mol. The Balaban J connectivity index is 2.21. The molecule has 3 nitrogen and oxygen atoms in total. The molecular weight excluding hydrogens is 330 g/mol. The number of nitrogens with zero attached hydrogens (tertiary/aromatic N) is 1. The van der Waals surface area contributed by atoms with E-state index in [-0.39, 0.29) is 16.6 Å². The molecule has 0 unspecified atom stereocenters. The maximum absolute atomic E-state index is 13.2. The molecule has 0 spiro atoms. The van der Waals surface area contributed by atoms with Crippen molar-refractivity contribution in [3.05, 3.63) is 70.0 Å². The first kappa shape index (κ1) is 16.5. The Bertz CT molecular complexity index is 717. The first-order valence-electron chi connectivity index (χ1n) is 6.12. The van der Waals surface area contributed by atoms with E-state index in [1.54, 1.807) is 6.26 Å². The molecule has 0 saturated carbocycles. The summed E-state index contributed by atoms with van der Waals surface area (Å²) in [6, 6.07) is 6.03.